The minimum absolute atomic E-state index is 0.234. The van der Waals surface area contributed by atoms with E-state index in [4.69, 9.17) is 0 Å². The van der Waals surface area contributed by atoms with E-state index in [0.717, 1.165) is 38.8 Å². The second-order valence-corrected chi connectivity index (χ2v) is 6.49. The fourth-order valence-electron chi connectivity index (χ4n) is 3.70. The lowest BCUT2D eigenvalue weighted by atomic mass is 9.81. The average molecular weight is 286 g/mol. The standard InChI is InChI=1S/C18H26N2O/c21-18(16-10-12-19-13-11-16)20-17-8-6-15(7-9-17)14-4-2-1-3-5-14/h1-5,15-17,19H,6-13H2,(H,20,21). The Balaban J connectivity index is 1.46. The molecule has 2 aliphatic rings. The highest BCUT2D eigenvalue weighted by atomic mass is 16.1. The first kappa shape index (κ1) is 14.6. The highest BCUT2D eigenvalue weighted by Gasteiger charge is 2.26. The van der Waals surface area contributed by atoms with Gasteiger partial charge in [-0.05, 0) is 63.1 Å². The van der Waals surface area contributed by atoms with Crippen molar-refractivity contribution < 1.29 is 4.79 Å². The molecule has 1 aliphatic carbocycles. The first-order valence-electron chi connectivity index (χ1n) is 8.39. The molecule has 21 heavy (non-hydrogen) atoms. The molecule has 0 atom stereocenters. The number of piperidine rings is 1. The van der Waals surface area contributed by atoms with Crippen molar-refractivity contribution in [2.45, 2.75) is 50.5 Å². The van der Waals surface area contributed by atoms with Crippen LogP contribution in [0.1, 0.15) is 50.0 Å². The Morgan fingerprint density at radius 3 is 2.29 bits per heavy atom. The second-order valence-electron chi connectivity index (χ2n) is 6.49. The Morgan fingerprint density at radius 2 is 1.62 bits per heavy atom. The number of benzene rings is 1. The maximum absolute atomic E-state index is 12.3. The van der Waals surface area contributed by atoms with Crippen molar-refractivity contribution in [1.29, 1.82) is 0 Å². The molecule has 1 saturated carbocycles. The maximum atomic E-state index is 12.3. The van der Waals surface area contributed by atoms with Crippen LogP contribution in [-0.2, 0) is 4.79 Å². The highest BCUT2D eigenvalue weighted by Crippen LogP contribution is 2.32. The maximum Gasteiger partial charge on any atom is 0.223 e. The Hall–Kier alpha value is -1.35. The van der Waals surface area contributed by atoms with Gasteiger partial charge < -0.3 is 10.6 Å². The molecule has 0 bridgehead atoms. The number of hydrogen-bond acceptors (Lipinski definition) is 2. The minimum Gasteiger partial charge on any atom is -0.353 e. The molecule has 2 fully saturated rings. The molecule has 0 spiro atoms. The molecule has 1 aromatic carbocycles. The SMILES string of the molecule is O=C(NC1CCC(c2ccccc2)CC1)C1CCNCC1. The Kier molecular flexibility index (Phi) is 4.91. The van der Waals surface area contributed by atoms with E-state index in [1.54, 1.807) is 0 Å². The van der Waals surface area contributed by atoms with Crippen LogP contribution >= 0.6 is 0 Å². The summed E-state index contributed by atoms with van der Waals surface area (Å²) in [6.45, 7) is 1.97. The van der Waals surface area contributed by atoms with Crippen molar-refractivity contribution >= 4 is 5.91 Å². The summed E-state index contributed by atoms with van der Waals surface area (Å²) in [7, 11) is 0. The van der Waals surface area contributed by atoms with Crippen LogP contribution < -0.4 is 10.6 Å². The van der Waals surface area contributed by atoms with E-state index in [1.165, 1.54) is 18.4 Å². The van der Waals surface area contributed by atoms with E-state index in [2.05, 4.69) is 41.0 Å². The zero-order chi connectivity index (χ0) is 14.5. The van der Waals surface area contributed by atoms with Gasteiger partial charge >= 0.3 is 0 Å². The fraction of sp³-hybridized carbons (Fsp3) is 0.611. The minimum atomic E-state index is 0.234. The lowest BCUT2D eigenvalue weighted by Gasteiger charge is -2.31. The van der Waals surface area contributed by atoms with Crippen LogP contribution in [-0.4, -0.2) is 25.0 Å². The fourth-order valence-corrected chi connectivity index (χ4v) is 3.70. The third kappa shape index (κ3) is 3.85. The topological polar surface area (TPSA) is 41.1 Å². The molecule has 3 rings (SSSR count). The third-order valence-electron chi connectivity index (χ3n) is 5.05. The van der Waals surface area contributed by atoms with Crippen molar-refractivity contribution in [2.24, 2.45) is 5.92 Å². The van der Waals surface area contributed by atoms with E-state index in [9.17, 15) is 4.79 Å². The molecule has 3 nitrogen and oxygen atoms in total. The number of amides is 1. The average Bonchev–Trinajstić information content (AvgIpc) is 2.57. The normalized spacial score (nSPS) is 27.2. The van der Waals surface area contributed by atoms with Gasteiger partial charge in [0.15, 0.2) is 0 Å². The molecule has 114 valence electrons. The first-order chi connectivity index (χ1) is 10.3. The molecule has 0 aromatic heterocycles. The van der Waals surface area contributed by atoms with Gasteiger partial charge in [0.1, 0.15) is 0 Å². The summed E-state index contributed by atoms with van der Waals surface area (Å²) in [5.74, 6) is 1.20. The zero-order valence-corrected chi connectivity index (χ0v) is 12.7. The highest BCUT2D eigenvalue weighted by molar-refractivity contribution is 5.79. The predicted molar refractivity (Wildman–Crippen MR) is 85.2 cm³/mol. The molecule has 1 heterocycles. The van der Waals surface area contributed by atoms with Crippen molar-refractivity contribution in [3.63, 3.8) is 0 Å². The number of rotatable bonds is 3. The Morgan fingerprint density at radius 1 is 0.952 bits per heavy atom. The molecule has 3 heteroatoms. The van der Waals surface area contributed by atoms with E-state index in [-0.39, 0.29) is 5.92 Å². The quantitative estimate of drug-likeness (QED) is 0.897. The second kappa shape index (κ2) is 7.08. The van der Waals surface area contributed by atoms with Crippen molar-refractivity contribution in [1.82, 2.24) is 10.6 Å². The number of carbonyl (C=O) groups excluding carboxylic acids is 1. The van der Waals surface area contributed by atoms with Gasteiger partial charge in [0.05, 0.1) is 0 Å². The van der Waals surface area contributed by atoms with Crippen LogP contribution in [0.15, 0.2) is 30.3 Å². The zero-order valence-electron chi connectivity index (χ0n) is 12.7. The van der Waals surface area contributed by atoms with Crippen molar-refractivity contribution in [2.75, 3.05) is 13.1 Å². The van der Waals surface area contributed by atoms with Gasteiger partial charge in [0.25, 0.3) is 0 Å². The first-order valence-corrected chi connectivity index (χ1v) is 8.39. The number of nitrogens with one attached hydrogen (secondary N) is 2. The third-order valence-corrected chi connectivity index (χ3v) is 5.05. The van der Waals surface area contributed by atoms with Gasteiger partial charge in [-0.1, -0.05) is 30.3 Å². The largest absolute Gasteiger partial charge is 0.353 e. The van der Waals surface area contributed by atoms with Crippen LogP contribution in [0.4, 0.5) is 0 Å². The van der Waals surface area contributed by atoms with Crippen molar-refractivity contribution in [3.05, 3.63) is 35.9 Å². The monoisotopic (exact) mass is 286 g/mol. The van der Waals surface area contributed by atoms with E-state index < -0.39 is 0 Å². The molecule has 0 unspecified atom stereocenters. The van der Waals surface area contributed by atoms with E-state index in [1.807, 2.05) is 0 Å². The van der Waals surface area contributed by atoms with Gasteiger partial charge in [-0.15, -0.1) is 0 Å². The molecule has 0 radical (unpaired) electrons. The van der Waals surface area contributed by atoms with E-state index in [0.29, 0.717) is 17.9 Å². The molecular weight excluding hydrogens is 260 g/mol. The molecular formula is C18H26N2O. The summed E-state index contributed by atoms with van der Waals surface area (Å²) in [4.78, 5) is 12.3. The summed E-state index contributed by atoms with van der Waals surface area (Å²) in [6.07, 6.45) is 6.62. The number of hydrogen-bond donors (Lipinski definition) is 2. The van der Waals surface area contributed by atoms with Crippen molar-refractivity contribution in [3.8, 4) is 0 Å². The van der Waals surface area contributed by atoms with Gasteiger partial charge in [0.2, 0.25) is 5.91 Å². The van der Waals surface area contributed by atoms with Crippen LogP contribution in [0.2, 0.25) is 0 Å². The van der Waals surface area contributed by atoms with Crippen LogP contribution in [0.5, 0.6) is 0 Å². The molecule has 2 N–H and O–H groups in total. The Bertz CT molecular complexity index is 446. The van der Waals surface area contributed by atoms with Crippen LogP contribution in [0.25, 0.3) is 0 Å². The lowest BCUT2D eigenvalue weighted by molar-refractivity contribution is -0.126. The summed E-state index contributed by atoms with van der Waals surface area (Å²) in [5, 5.41) is 6.61. The predicted octanol–water partition coefficient (Wildman–Crippen LogP) is 2.83. The van der Waals surface area contributed by atoms with Gasteiger partial charge in [-0.2, -0.15) is 0 Å². The molecule has 1 amide bonds. The van der Waals surface area contributed by atoms with Gasteiger partial charge in [-0.25, -0.2) is 0 Å². The van der Waals surface area contributed by atoms with E-state index >= 15 is 0 Å². The summed E-state index contributed by atoms with van der Waals surface area (Å²) < 4.78 is 0. The smallest absolute Gasteiger partial charge is 0.223 e. The lowest BCUT2D eigenvalue weighted by Crippen LogP contribution is -2.43. The Labute approximate surface area is 127 Å². The number of carbonyl (C=O) groups is 1. The summed E-state index contributed by atoms with van der Waals surface area (Å²) in [6, 6.07) is 11.2. The molecule has 1 aromatic rings. The summed E-state index contributed by atoms with van der Waals surface area (Å²) in [5.41, 5.74) is 1.46. The molecule has 1 aliphatic heterocycles. The summed E-state index contributed by atoms with van der Waals surface area (Å²) >= 11 is 0. The van der Waals surface area contributed by atoms with Gasteiger partial charge in [-0.3, -0.25) is 4.79 Å². The molecule has 1 saturated heterocycles. The van der Waals surface area contributed by atoms with Crippen LogP contribution in [0, 0.1) is 5.92 Å². The van der Waals surface area contributed by atoms with Crippen LogP contribution in [0.3, 0.4) is 0 Å². The van der Waals surface area contributed by atoms with Gasteiger partial charge in [0, 0.05) is 12.0 Å².